The number of ether oxygens (including phenoxy) is 3. The van der Waals surface area contributed by atoms with E-state index < -0.39 is 23.3 Å². The molecule has 0 fully saturated rings. The zero-order valence-electron chi connectivity index (χ0n) is 13.9. The van der Waals surface area contributed by atoms with Gasteiger partial charge in [-0.3, -0.25) is 9.59 Å². The smallest absolute Gasteiger partial charge is 0.338 e. The SMILES string of the molecule is CCOC(=O)c1cccc(CC(C)(COC(C)=O)C(=O)OC)c1. The molecule has 0 amide bonds. The lowest BCUT2D eigenvalue weighted by Crippen LogP contribution is -2.37. The molecule has 0 aliphatic heterocycles. The van der Waals surface area contributed by atoms with E-state index in [1.165, 1.54) is 14.0 Å². The van der Waals surface area contributed by atoms with Crippen molar-refractivity contribution in [3.8, 4) is 0 Å². The van der Waals surface area contributed by atoms with Crippen molar-refractivity contribution in [2.75, 3.05) is 20.3 Å². The zero-order valence-corrected chi connectivity index (χ0v) is 13.9. The second kappa shape index (κ2) is 8.31. The second-order valence-corrected chi connectivity index (χ2v) is 5.43. The van der Waals surface area contributed by atoms with Gasteiger partial charge in [0, 0.05) is 6.92 Å². The van der Waals surface area contributed by atoms with E-state index >= 15 is 0 Å². The molecule has 1 aromatic rings. The van der Waals surface area contributed by atoms with Crippen LogP contribution in [0.4, 0.5) is 0 Å². The van der Waals surface area contributed by atoms with Crippen molar-refractivity contribution < 1.29 is 28.6 Å². The van der Waals surface area contributed by atoms with Gasteiger partial charge in [-0.05, 0) is 38.0 Å². The Labute approximate surface area is 135 Å². The van der Waals surface area contributed by atoms with Crippen LogP contribution in [0.2, 0.25) is 0 Å². The number of hydrogen-bond donors (Lipinski definition) is 0. The molecule has 0 saturated carbocycles. The van der Waals surface area contributed by atoms with Crippen molar-refractivity contribution in [1.29, 1.82) is 0 Å². The van der Waals surface area contributed by atoms with Gasteiger partial charge >= 0.3 is 17.9 Å². The third kappa shape index (κ3) is 5.39. The third-order valence-corrected chi connectivity index (χ3v) is 3.30. The fourth-order valence-corrected chi connectivity index (χ4v) is 2.16. The minimum Gasteiger partial charge on any atom is -0.468 e. The summed E-state index contributed by atoms with van der Waals surface area (Å²) in [6.45, 7) is 4.85. The van der Waals surface area contributed by atoms with Gasteiger partial charge in [0.15, 0.2) is 0 Å². The van der Waals surface area contributed by atoms with Gasteiger partial charge in [0.05, 0.1) is 19.3 Å². The van der Waals surface area contributed by atoms with Crippen LogP contribution in [-0.2, 0) is 30.2 Å². The Kier molecular flexibility index (Phi) is 6.75. The summed E-state index contributed by atoms with van der Waals surface area (Å²) < 4.78 is 14.8. The molecule has 0 spiro atoms. The summed E-state index contributed by atoms with van der Waals surface area (Å²) in [5.41, 5.74) is 0.118. The standard InChI is InChI=1S/C17H22O6/c1-5-22-15(19)14-8-6-7-13(9-14)10-17(3,16(20)21-4)11-23-12(2)18/h6-9H,5,10-11H2,1-4H3. The number of esters is 3. The highest BCUT2D eigenvalue weighted by Gasteiger charge is 2.36. The average molecular weight is 322 g/mol. The predicted octanol–water partition coefficient (Wildman–Crippen LogP) is 2.15. The van der Waals surface area contributed by atoms with Gasteiger partial charge in [0.25, 0.3) is 0 Å². The molecule has 23 heavy (non-hydrogen) atoms. The molecule has 0 bridgehead atoms. The van der Waals surface area contributed by atoms with Crippen LogP contribution in [0.25, 0.3) is 0 Å². The fraction of sp³-hybridized carbons (Fsp3) is 0.471. The molecule has 0 aromatic heterocycles. The molecule has 1 atom stereocenters. The molecule has 1 rings (SSSR count). The maximum absolute atomic E-state index is 12.1. The molecule has 0 radical (unpaired) electrons. The molecule has 1 unspecified atom stereocenters. The number of hydrogen-bond acceptors (Lipinski definition) is 6. The fourth-order valence-electron chi connectivity index (χ4n) is 2.16. The van der Waals surface area contributed by atoms with E-state index in [1.807, 2.05) is 0 Å². The first kappa shape index (κ1) is 18.7. The van der Waals surface area contributed by atoms with Crippen molar-refractivity contribution in [2.45, 2.75) is 27.2 Å². The van der Waals surface area contributed by atoms with Crippen molar-refractivity contribution in [3.63, 3.8) is 0 Å². The van der Waals surface area contributed by atoms with Crippen LogP contribution in [0.1, 0.15) is 36.7 Å². The Hall–Kier alpha value is -2.37. The van der Waals surface area contributed by atoms with Crippen molar-refractivity contribution >= 4 is 17.9 Å². The molecule has 6 nitrogen and oxygen atoms in total. The van der Waals surface area contributed by atoms with Crippen molar-refractivity contribution in [2.24, 2.45) is 5.41 Å². The lowest BCUT2D eigenvalue weighted by Gasteiger charge is -2.26. The van der Waals surface area contributed by atoms with E-state index in [0.717, 1.165) is 5.56 Å². The number of rotatable bonds is 7. The topological polar surface area (TPSA) is 78.9 Å². The molecule has 0 aliphatic carbocycles. The monoisotopic (exact) mass is 322 g/mol. The lowest BCUT2D eigenvalue weighted by molar-refractivity contribution is -0.159. The van der Waals surface area contributed by atoms with Crippen LogP contribution in [-0.4, -0.2) is 38.2 Å². The van der Waals surface area contributed by atoms with Gasteiger partial charge in [-0.25, -0.2) is 4.79 Å². The second-order valence-electron chi connectivity index (χ2n) is 5.43. The summed E-state index contributed by atoms with van der Waals surface area (Å²) in [7, 11) is 1.28. The molecule has 0 N–H and O–H groups in total. The summed E-state index contributed by atoms with van der Waals surface area (Å²) in [6, 6.07) is 6.80. The van der Waals surface area contributed by atoms with Crippen molar-refractivity contribution in [1.82, 2.24) is 0 Å². The maximum Gasteiger partial charge on any atom is 0.338 e. The van der Waals surface area contributed by atoms with Crippen LogP contribution in [0.5, 0.6) is 0 Å². The Morgan fingerprint density at radius 2 is 1.87 bits per heavy atom. The first-order valence-electron chi connectivity index (χ1n) is 7.30. The van der Waals surface area contributed by atoms with Crippen LogP contribution < -0.4 is 0 Å². The number of carbonyl (C=O) groups excluding carboxylic acids is 3. The highest BCUT2D eigenvalue weighted by Crippen LogP contribution is 2.26. The van der Waals surface area contributed by atoms with E-state index in [1.54, 1.807) is 38.1 Å². The molecule has 0 heterocycles. The number of benzene rings is 1. The minimum absolute atomic E-state index is 0.0986. The third-order valence-electron chi connectivity index (χ3n) is 3.30. The van der Waals surface area contributed by atoms with Crippen LogP contribution >= 0.6 is 0 Å². The first-order valence-corrected chi connectivity index (χ1v) is 7.30. The molecular formula is C17H22O6. The van der Waals surface area contributed by atoms with Crippen LogP contribution in [0.3, 0.4) is 0 Å². The van der Waals surface area contributed by atoms with Crippen LogP contribution in [0.15, 0.2) is 24.3 Å². The van der Waals surface area contributed by atoms with E-state index in [4.69, 9.17) is 14.2 Å². The Morgan fingerprint density at radius 3 is 2.43 bits per heavy atom. The van der Waals surface area contributed by atoms with Gasteiger partial charge in [0.2, 0.25) is 0 Å². The summed E-state index contributed by atoms with van der Waals surface area (Å²) in [6.07, 6.45) is 0.264. The Morgan fingerprint density at radius 1 is 1.17 bits per heavy atom. The van der Waals surface area contributed by atoms with Crippen molar-refractivity contribution in [3.05, 3.63) is 35.4 Å². The summed E-state index contributed by atoms with van der Waals surface area (Å²) in [5, 5.41) is 0. The largest absolute Gasteiger partial charge is 0.468 e. The predicted molar refractivity (Wildman–Crippen MR) is 82.9 cm³/mol. The van der Waals surface area contributed by atoms with Gasteiger partial charge in [-0.1, -0.05) is 12.1 Å². The maximum atomic E-state index is 12.1. The summed E-state index contributed by atoms with van der Waals surface area (Å²) in [4.78, 5) is 34.9. The normalized spacial score (nSPS) is 12.9. The van der Waals surface area contributed by atoms with E-state index in [0.29, 0.717) is 5.56 Å². The molecule has 1 aromatic carbocycles. The summed E-state index contributed by atoms with van der Waals surface area (Å²) >= 11 is 0. The van der Waals surface area contributed by atoms with Gasteiger partial charge < -0.3 is 14.2 Å². The van der Waals surface area contributed by atoms with E-state index in [2.05, 4.69) is 0 Å². The Balaban J connectivity index is 2.99. The average Bonchev–Trinajstić information content (AvgIpc) is 2.52. The first-order chi connectivity index (χ1) is 10.8. The van der Waals surface area contributed by atoms with Gasteiger partial charge in [0.1, 0.15) is 12.0 Å². The molecule has 126 valence electrons. The van der Waals surface area contributed by atoms with Gasteiger partial charge in [-0.2, -0.15) is 0 Å². The number of methoxy groups -OCH3 is 1. The minimum atomic E-state index is -1.03. The molecule has 0 aliphatic rings. The molecule has 6 heteroatoms. The zero-order chi connectivity index (χ0) is 17.5. The quantitative estimate of drug-likeness (QED) is 0.565. The molecule has 0 saturated heterocycles. The molecular weight excluding hydrogens is 300 g/mol. The van der Waals surface area contributed by atoms with Gasteiger partial charge in [-0.15, -0.1) is 0 Å². The lowest BCUT2D eigenvalue weighted by atomic mass is 9.84. The van der Waals surface area contributed by atoms with E-state index in [9.17, 15) is 14.4 Å². The van der Waals surface area contributed by atoms with E-state index in [-0.39, 0.29) is 19.6 Å². The highest BCUT2D eigenvalue weighted by atomic mass is 16.5. The Bertz CT molecular complexity index is 580. The van der Waals surface area contributed by atoms with Crippen LogP contribution in [0, 0.1) is 5.41 Å². The highest BCUT2D eigenvalue weighted by molar-refractivity contribution is 5.89. The number of carbonyl (C=O) groups is 3. The summed E-state index contributed by atoms with van der Waals surface area (Å²) in [5.74, 6) is -1.38.